The Balaban J connectivity index is 1.72. The van der Waals surface area contributed by atoms with Gasteiger partial charge in [-0.1, -0.05) is 23.5 Å². The molecule has 0 aliphatic rings. The van der Waals surface area contributed by atoms with Crippen molar-refractivity contribution < 1.29 is 5.11 Å². The number of para-hydroxylation sites is 1. The van der Waals surface area contributed by atoms with Crippen LogP contribution in [0.15, 0.2) is 29.6 Å². The molecule has 0 aliphatic heterocycles. The summed E-state index contributed by atoms with van der Waals surface area (Å²) in [5.41, 5.74) is 1.74. The zero-order valence-electron chi connectivity index (χ0n) is 9.46. The standard InChI is InChI=1S/C12H11N3OS2/c16-6-8-7-17-11(14-8)5-13-12-15-9-3-1-2-4-10(9)18-12/h1-4,7,16H,5-6H2,(H,13,15). The van der Waals surface area contributed by atoms with Crippen molar-refractivity contribution in [2.75, 3.05) is 5.32 Å². The predicted molar refractivity (Wildman–Crippen MR) is 75.0 cm³/mol. The fourth-order valence-corrected chi connectivity index (χ4v) is 3.19. The van der Waals surface area contributed by atoms with Crippen LogP contribution in [0.1, 0.15) is 10.7 Å². The van der Waals surface area contributed by atoms with E-state index in [2.05, 4.69) is 21.4 Å². The second-order valence-corrected chi connectivity index (χ2v) is 5.70. The molecule has 4 nitrogen and oxygen atoms in total. The average molecular weight is 277 g/mol. The van der Waals surface area contributed by atoms with E-state index < -0.39 is 0 Å². The summed E-state index contributed by atoms with van der Waals surface area (Å²) in [5.74, 6) is 0. The fourth-order valence-electron chi connectivity index (χ4n) is 1.60. The van der Waals surface area contributed by atoms with Crippen molar-refractivity contribution >= 4 is 38.0 Å². The molecule has 0 fully saturated rings. The molecule has 0 bridgehead atoms. The Kier molecular flexibility index (Phi) is 3.22. The quantitative estimate of drug-likeness (QED) is 0.770. The van der Waals surface area contributed by atoms with Gasteiger partial charge < -0.3 is 10.4 Å². The van der Waals surface area contributed by atoms with Crippen molar-refractivity contribution in [1.29, 1.82) is 0 Å². The molecule has 18 heavy (non-hydrogen) atoms. The summed E-state index contributed by atoms with van der Waals surface area (Å²) in [4.78, 5) is 8.77. The minimum atomic E-state index is -0.00234. The number of aromatic nitrogens is 2. The molecule has 2 heterocycles. The van der Waals surface area contributed by atoms with E-state index in [1.807, 2.05) is 23.6 Å². The molecule has 0 aliphatic carbocycles. The number of nitrogens with one attached hydrogen (secondary N) is 1. The van der Waals surface area contributed by atoms with Crippen LogP contribution in [0, 0.1) is 0 Å². The monoisotopic (exact) mass is 277 g/mol. The molecule has 0 unspecified atom stereocenters. The highest BCUT2D eigenvalue weighted by Crippen LogP contribution is 2.25. The lowest BCUT2D eigenvalue weighted by Gasteiger charge is -1.97. The van der Waals surface area contributed by atoms with Crippen LogP contribution in [0.5, 0.6) is 0 Å². The first-order valence-corrected chi connectivity index (χ1v) is 7.18. The number of aliphatic hydroxyl groups is 1. The maximum absolute atomic E-state index is 8.94. The molecule has 0 atom stereocenters. The summed E-state index contributed by atoms with van der Waals surface area (Å²) in [6.07, 6.45) is 0. The predicted octanol–water partition coefficient (Wildman–Crippen LogP) is 2.86. The van der Waals surface area contributed by atoms with Crippen LogP contribution >= 0.6 is 22.7 Å². The van der Waals surface area contributed by atoms with E-state index in [1.54, 1.807) is 22.7 Å². The van der Waals surface area contributed by atoms with Gasteiger partial charge in [0.15, 0.2) is 5.13 Å². The molecule has 0 amide bonds. The summed E-state index contributed by atoms with van der Waals surface area (Å²) in [6.45, 7) is 0.641. The summed E-state index contributed by atoms with van der Waals surface area (Å²) < 4.78 is 1.18. The molecule has 1 aromatic carbocycles. The third-order valence-corrected chi connectivity index (χ3v) is 4.34. The smallest absolute Gasteiger partial charge is 0.184 e. The lowest BCUT2D eigenvalue weighted by molar-refractivity contribution is 0.277. The Labute approximate surface area is 112 Å². The minimum Gasteiger partial charge on any atom is -0.390 e. The van der Waals surface area contributed by atoms with Crippen molar-refractivity contribution in [1.82, 2.24) is 9.97 Å². The maximum atomic E-state index is 8.94. The van der Waals surface area contributed by atoms with Crippen LogP contribution in [-0.4, -0.2) is 15.1 Å². The summed E-state index contributed by atoms with van der Waals surface area (Å²) >= 11 is 3.18. The minimum absolute atomic E-state index is 0.00234. The molecule has 3 aromatic rings. The summed E-state index contributed by atoms with van der Waals surface area (Å²) in [5, 5.41) is 15.9. The number of hydrogen-bond acceptors (Lipinski definition) is 6. The number of aliphatic hydroxyl groups excluding tert-OH is 1. The molecule has 0 saturated carbocycles. The molecule has 6 heteroatoms. The van der Waals surface area contributed by atoms with E-state index in [-0.39, 0.29) is 6.61 Å². The van der Waals surface area contributed by atoms with E-state index >= 15 is 0 Å². The Bertz CT molecular complexity index is 629. The van der Waals surface area contributed by atoms with Gasteiger partial charge in [0.1, 0.15) is 5.01 Å². The summed E-state index contributed by atoms with van der Waals surface area (Å²) in [7, 11) is 0. The number of fused-ring (bicyclic) bond motifs is 1. The molecule has 0 saturated heterocycles. The third-order valence-electron chi connectivity index (χ3n) is 2.45. The number of thiazole rings is 2. The topological polar surface area (TPSA) is 58.0 Å². The van der Waals surface area contributed by atoms with Gasteiger partial charge in [-0.25, -0.2) is 9.97 Å². The van der Waals surface area contributed by atoms with Crippen molar-refractivity contribution in [3.63, 3.8) is 0 Å². The van der Waals surface area contributed by atoms with Crippen LogP contribution in [0.3, 0.4) is 0 Å². The first kappa shape index (κ1) is 11.6. The lowest BCUT2D eigenvalue weighted by Crippen LogP contribution is -1.98. The van der Waals surface area contributed by atoms with Crippen molar-refractivity contribution in [2.24, 2.45) is 0 Å². The maximum Gasteiger partial charge on any atom is 0.184 e. The molecule has 0 spiro atoms. The Morgan fingerprint density at radius 2 is 2.11 bits per heavy atom. The van der Waals surface area contributed by atoms with E-state index in [4.69, 9.17) is 5.11 Å². The van der Waals surface area contributed by atoms with Crippen molar-refractivity contribution in [3.8, 4) is 0 Å². The summed E-state index contributed by atoms with van der Waals surface area (Å²) in [6, 6.07) is 8.06. The Morgan fingerprint density at radius 1 is 1.22 bits per heavy atom. The van der Waals surface area contributed by atoms with Gasteiger partial charge in [-0.05, 0) is 12.1 Å². The van der Waals surface area contributed by atoms with E-state index in [0.29, 0.717) is 6.54 Å². The number of benzene rings is 1. The molecule has 92 valence electrons. The van der Waals surface area contributed by atoms with Gasteiger partial charge in [-0.15, -0.1) is 11.3 Å². The van der Waals surface area contributed by atoms with E-state index in [9.17, 15) is 0 Å². The average Bonchev–Trinajstić information content (AvgIpc) is 3.02. The highest BCUT2D eigenvalue weighted by Gasteiger charge is 2.04. The third kappa shape index (κ3) is 2.35. The molecule has 2 N–H and O–H groups in total. The van der Waals surface area contributed by atoms with Gasteiger partial charge >= 0.3 is 0 Å². The number of hydrogen-bond donors (Lipinski definition) is 2. The van der Waals surface area contributed by atoms with Gasteiger partial charge in [0.05, 0.1) is 29.1 Å². The SMILES string of the molecule is OCc1csc(CNc2nc3ccccc3s2)n1. The van der Waals surface area contributed by atoms with Crippen molar-refractivity contribution in [3.05, 3.63) is 40.3 Å². The lowest BCUT2D eigenvalue weighted by atomic mass is 10.3. The molecule has 3 rings (SSSR count). The number of anilines is 1. The fraction of sp³-hybridized carbons (Fsp3) is 0.167. The molecule has 2 aromatic heterocycles. The van der Waals surface area contributed by atoms with Crippen LogP contribution in [0.2, 0.25) is 0 Å². The zero-order valence-corrected chi connectivity index (χ0v) is 11.1. The van der Waals surface area contributed by atoms with Crippen LogP contribution in [0.4, 0.5) is 5.13 Å². The number of rotatable bonds is 4. The van der Waals surface area contributed by atoms with Gasteiger partial charge in [0.25, 0.3) is 0 Å². The van der Waals surface area contributed by atoms with Gasteiger partial charge in [0.2, 0.25) is 0 Å². The largest absolute Gasteiger partial charge is 0.390 e. The first-order chi connectivity index (χ1) is 8.85. The van der Waals surface area contributed by atoms with Crippen LogP contribution < -0.4 is 5.32 Å². The van der Waals surface area contributed by atoms with Gasteiger partial charge in [0, 0.05) is 5.38 Å². The molecule has 0 radical (unpaired) electrons. The molecular weight excluding hydrogens is 266 g/mol. The molecular formula is C12H11N3OS2. The highest BCUT2D eigenvalue weighted by atomic mass is 32.1. The Morgan fingerprint density at radius 3 is 2.89 bits per heavy atom. The number of nitrogens with zero attached hydrogens (tertiary/aromatic N) is 2. The Hall–Kier alpha value is -1.50. The van der Waals surface area contributed by atoms with Crippen LogP contribution in [-0.2, 0) is 13.2 Å². The van der Waals surface area contributed by atoms with E-state index in [0.717, 1.165) is 21.3 Å². The normalized spacial score (nSPS) is 10.9. The van der Waals surface area contributed by atoms with Crippen LogP contribution in [0.25, 0.3) is 10.2 Å². The zero-order chi connectivity index (χ0) is 12.4. The second-order valence-electron chi connectivity index (χ2n) is 3.73. The second kappa shape index (κ2) is 5.01. The van der Waals surface area contributed by atoms with Crippen molar-refractivity contribution in [2.45, 2.75) is 13.2 Å². The highest BCUT2D eigenvalue weighted by molar-refractivity contribution is 7.22. The van der Waals surface area contributed by atoms with E-state index in [1.165, 1.54) is 4.70 Å². The van der Waals surface area contributed by atoms with Gasteiger partial charge in [-0.2, -0.15) is 0 Å². The first-order valence-electron chi connectivity index (χ1n) is 5.49. The van der Waals surface area contributed by atoms with Gasteiger partial charge in [-0.3, -0.25) is 0 Å².